The van der Waals surface area contributed by atoms with Crippen molar-refractivity contribution >= 4 is 28.2 Å². The minimum Gasteiger partial charge on any atom is -0.507 e. The predicted molar refractivity (Wildman–Crippen MR) is 105 cm³/mol. The first-order valence-corrected chi connectivity index (χ1v) is 9.13. The highest BCUT2D eigenvalue weighted by Crippen LogP contribution is 2.35. The van der Waals surface area contributed by atoms with Gasteiger partial charge in [-0.1, -0.05) is 11.6 Å². The number of pyridine rings is 1. The Morgan fingerprint density at radius 2 is 2.19 bits per heavy atom. The van der Waals surface area contributed by atoms with Gasteiger partial charge >= 0.3 is 0 Å². The van der Waals surface area contributed by atoms with E-state index in [2.05, 4.69) is 32.4 Å². The number of nitrogens with one attached hydrogen (secondary N) is 1. The van der Waals surface area contributed by atoms with Gasteiger partial charge in [0.05, 0.1) is 12.7 Å². The number of morpholine rings is 1. The molecule has 2 aromatic heterocycles. The number of phenolic OH excluding ortho intramolecular Hbond substituents is 1. The van der Waals surface area contributed by atoms with E-state index in [-0.39, 0.29) is 11.9 Å². The number of aromatic nitrogens is 3. The lowest BCUT2D eigenvalue weighted by atomic mass is 10.1. The maximum Gasteiger partial charge on any atom is 0.158 e. The van der Waals surface area contributed by atoms with Gasteiger partial charge in [-0.15, -0.1) is 10.2 Å². The Labute approximate surface area is 162 Å². The lowest BCUT2D eigenvalue weighted by Crippen LogP contribution is -2.43. The molecule has 0 aliphatic carbocycles. The van der Waals surface area contributed by atoms with Crippen LogP contribution < -0.4 is 5.32 Å². The highest BCUT2D eigenvalue weighted by molar-refractivity contribution is 6.30. The van der Waals surface area contributed by atoms with Gasteiger partial charge in [-0.25, -0.2) is 0 Å². The maximum atomic E-state index is 10.3. The molecule has 0 saturated carbocycles. The summed E-state index contributed by atoms with van der Waals surface area (Å²) in [6.07, 6.45) is 3.54. The van der Waals surface area contributed by atoms with E-state index in [0.717, 1.165) is 30.5 Å². The molecule has 8 heteroatoms. The Morgan fingerprint density at radius 1 is 1.30 bits per heavy atom. The second-order valence-electron chi connectivity index (χ2n) is 6.62. The number of fused-ring (bicyclic) bond motifs is 1. The smallest absolute Gasteiger partial charge is 0.158 e. The monoisotopic (exact) mass is 385 g/mol. The Balaban J connectivity index is 1.66. The molecule has 0 radical (unpaired) electrons. The molecule has 0 amide bonds. The molecule has 1 aliphatic rings. The van der Waals surface area contributed by atoms with Crippen molar-refractivity contribution in [1.29, 1.82) is 0 Å². The van der Waals surface area contributed by atoms with Crippen LogP contribution in [0, 0.1) is 0 Å². The van der Waals surface area contributed by atoms with E-state index in [1.807, 2.05) is 6.07 Å². The van der Waals surface area contributed by atoms with Crippen molar-refractivity contribution < 1.29 is 9.84 Å². The summed E-state index contributed by atoms with van der Waals surface area (Å²) in [5.74, 6) is 0.710. The standard InChI is InChI=1S/C19H20ClN5O2/c1-25-6-7-27-13(11-25)9-22-19-16-10-21-5-4-14(16)18(23-24-19)15-3-2-12(20)8-17(15)26/h2-5,8,10,13,26H,6-7,9,11H2,1H3,(H,22,24). The third-order valence-electron chi connectivity index (χ3n) is 4.64. The van der Waals surface area contributed by atoms with Crippen molar-refractivity contribution in [2.75, 3.05) is 38.6 Å². The van der Waals surface area contributed by atoms with Crippen molar-refractivity contribution in [1.82, 2.24) is 20.1 Å². The van der Waals surface area contributed by atoms with Gasteiger partial charge in [0, 0.05) is 53.4 Å². The number of phenols is 1. The molecular formula is C19H20ClN5O2. The molecule has 7 nitrogen and oxygen atoms in total. The molecule has 27 heavy (non-hydrogen) atoms. The van der Waals surface area contributed by atoms with E-state index in [4.69, 9.17) is 16.3 Å². The molecule has 1 atom stereocenters. The van der Waals surface area contributed by atoms with Gasteiger partial charge < -0.3 is 20.1 Å². The molecule has 1 aromatic carbocycles. The van der Waals surface area contributed by atoms with Crippen LogP contribution in [0.25, 0.3) is 22.0 Å². The van der Waals surface area contributed by atoms with Gasteiger partial charge in [-0.2, -0.15) is 0 Å². The number of ether oxygens (including phenoxy) is 1. The fraction of sp³-hybridized carbons (Fsp3) is 0.316. The molecule has 1 unspecified atom stereocenters. The van der Waals surface area contributed by atoms with Crippen LogP contribution in [0.5, 0.6) is 5.75 Å². The van der Waals surface area contributed by atoms with Crippen LogP contribution in [0.1, 0.15) is 0 Å². The van der Waals surface area contributed by atoms with Crippen LogP contribution in [0.15, 0.2) is 36.7 Å². The molecule has 0 spiro atoms. The van der Waals surface area contributed by atoms with Crippen molar-refractivity contribution in [3.05, 3.63) is 41.7 Å². The number of halogens is 1. The zero-order chi connectivity index (χ0) is 18.8. The van der Waals surface area contributed by atoms with Crippen LogP contribution in [0.2, 0.25) is 5.02 Å². The van der Waals surface area contributed by atoms with E-state index >= 15 is 0 Å². The molecule has 0 bridgehead atoms. The molecule has 4 rings (SSSR count). The zero-order valence-corrected chi connectivity index (χ0v) is 15.6. The zero-order valence-electron chi connectivity index (χ0n) is 14.9. The van der Waals surface area contributed by atoms with Crippen molar-refractivity contribution in [2.45, 2.75) is 6.10 Å². The topological polar surface area (TPSA) is 83.4 Å². The summed E-state index contributed by atoms with van der Waals surface area (Å²) in [4.78, 5) is 6.46. The van der Waals surface area contributed by atoms with Crippen molar-refractivity contribution in [3.63, 3.8) is 0 Å². The van der Waals surface area contributed by atoms with Gasteiger partial charge in [-0.05, 0) is 31.3 Å². The average molecular weight is 386 g/mol. The lowest BCUT2D eigenvalue weighted by molar-refractivity contribution is -0.0117. The third kappa shape index (κ3) is 3.80. The summed E-state index contributed by atoms with van der Waals surface area (Å²) >= 11 is 5.94. The van der Waals surface area contributed by atoms with Crippen molar-refractivity contribution in [2.24, 2.45) is 0 Å². The van der Waals surface area contributed by atoms with Gasteiger partial charge in [0.15, 0.2) is 5.82 Å². The summed E-state index contributed by atoms with van der Waals surface area (Å²) in [5, 5.41) is 24.4. The van der Waals surface area contributed by atoms with Gasteiger partial charge in [0.1, 0.15) is 11.4 Å². The number of likely N-dealkylation sites (N-methyl/N-ethyl adjacent to an activating group) is 1. The van der Waals surface area contributed by atoms with Crippen molar-refractivity contribution in [3.8, 4) is 17.0 Å². The summed E-state index contributed by atoms with van der Waals surface area (Å²) < 4.78 is 5.79. The second-order valence-corrected chi connectivity index (χ2v) is 7.05. The van der Waals surface area contributed by atoms with Crippen LogP contribution in [0.3, 0.4) is 0 Å². The van der Waals surface area contributed by atoms with Crippen LogP contribution in [0.4, 0.5) is 5.82 Å². The van der Waals surface area contributed by atoms with Crippen LogP contribution >= 0.6 is 11.6 Å². The largest absolute Gasteiger partial charge is 0.507 e. The minimum absolute atomic E-state index is 0.0641. The molecule has 1 saturated heterocycles. The van der Waals surface area contributed by atoms with Crippen LogP contribution in [-0.2, 0) is 4.74 Å². The fourth-order valence-electron chi connectivity index (χ4n) is 3.23. The minimum atomic E-state index is 0.0641. The molecule has 3 heterocycles. The highest BCUT2D eigenvalue weighted by Gasteiger charge is 2.19. The number of nitrogens with zero attached hydrogens (tertiary/aromatic N) is 4. The number of hydrogen-bond donors (Lipinski definition) is 2. The molecule has 140 valence electrons. The predicted octanol–water partition coefficient (Wildman–Crippen LogP) is 2.79. The first-order chi connectivity index (χ1) is 13.1. The molecule has 3 aromatic rings. The molecular weight excluding hydrogens is 366 g/mol. The normalized spacial score (nSPS) is 17.9. The van der Waals surface area contributed by atoms with E-state index in [0.29, 0.717) is 28.6 Å². The van der Waals surface area contributed by atoms with E-state index < -0.39 is 0 Å². The van der Waals surface area contributed by atoms with Gasteiger partial charge in [0.25, 0.3) is 0 Å². The average Bonchev–Trinajstić information content (AvgIpc) is 2.67. The Kier molecular flexibility index (Phi) is 5.07. The fourth-order valence-corrected chi connectivity index (χ4v) is 3.40. The van der Waals surface area contributed by atoms with E-state index in [9.17, 15) is 5.11 Å². The van der Waals surface area contributed by atoms with Crippen LogP contribution in [-0.4, -0.2) is 64.6 Å². The summed E-state index contributed by atoms with van der Waals surface area (Å²) in [7, 11) is 2.09. The summed E-state index contributed by atoms with van der Waals surface area (Å²) in [6, 6.07) is 6.81. The van der Waals surface area contributed by atoms with Gasteiger partial charge in [0.2, 0.25) is 0 Å². The third-order valence-corrected chi connectivity index (χ3v) is 4.87. The maximum absolute atomic E-state index is 10.3. The Morgan fingerprint density at radius 3 is 3.00 bits per heavy atom. The molecule has 1 aliphatic heterocycles. The number of aromatic hydroxyl groups is 1. The first-order valence-electron chi connectivity index (χ1n) is 8.75. The Bertz CT molecular complexity index is 968. The summed E-state index contributed by atoms with van der Waals surface area (Å²) in [5.41, 5.74) is 1.16. The number of rotatable bonds is 4. The van der Waals surface area contributed by atoms with E-state index in [1.54, 1.807) is 24.5 Å². The quantitative estimate of drug-likeness (QED) is 0.714. The lowest BCUT2D eigenvalue weighted by Gasteiger charge is -2.30. The second kappa shape index (κ2) is 7.64. The highest BCUT2D eigenvalue weighted by atomic mass is 35.5. The SMILES string of the molecule is CN1CCOC(CNc2nnc(-c3ccc(Cl)cc3O)c3ccncc23)C1. The molecule has 2 N–H and O–H groups in total. The van der Waals surface area contributed by atoms with E-state index in [1.165, 1.54) is 6.07 Å². The summed E-state index contributed by atoms with van der Waals surface area (Å²) in [6.45, 7) is 3.18. The Hall–Kier alpha value is -2.48. The molecule has 1 fully saturated rings. The van der Waals surface area contributed by atoms with Gasteiger partial charge in [-0.3, -0.25) is 4.98 Å². The first kappa shape index (κ1) is 17.9. The number of benzene rings is 1. The number of hydrogen-bond acceptors (Lipinski definition) is 7. The number of anilines is 1.